The Morgan fingerprint density at radius 1 is 1.64 bits per heavy atom. The van der Waals surface area contributed by atoms with Gasteiger partial charge in [0.05, 0.1) is 0 Å². The highest BCUT2D eigenvalue weighted by Crippen LogP contribution is 2.05. The fourth-order valence-corrected chi connectivity index (χ4v) is 2.02. The predicted molar refractivity (Wildman–Crippen MR) is 65.9 cm³/mol. The SMILES string of the molecule is C/C=C/CCN(C)CC1CC(=S)CN1. The van der Waals surface area contributed by atoms with Gasteiger partial charge in [-0.3, -0.25) is 0 Å². The molecule has 0 aromatic carbocycles. The predicted octanol–water partition coefficient (Wildman–Crippen LogP) is 1.62. The molecule has 1 N–H and O–H groups in total. The van der Waals surface area contributed by atoms with Crippen LogP contribution in [0.15, 0.2) is 12.2 Å². The zero-order valence-electron chi connectivity index (χ0n) is 9.12. The molecule has 1 atom stereocenters. The highest BCUT2D eigenvalue weighted by molar-refractivity contribution is 7.80. The minimum atomic E-state index is 0.582. The second-order valence-electron chi connectivity index (χ2n) is 3.94. The second kappa shape index (κ2) is 6.27. The van der Waals surface area contributed by atoms with Crippen LogP contribution < -0.4 is 5.32 Å². The van der Waals surface area contributed by atoms with E-state index in [0.717, 1.165) is 32.5 Å². The number of likely N-dealkylation sites (N-methyl/N-ethyl adjacent to an activating group) is 1. The molecule has 0 saturated carbocycles. The van der Waals surface area contributed by atoms with Crippen LogP contribution in [0.2, 0.25) is 0 Å². The topological polar surface area (TPSA) is 15.3 Å². The van der Waals surface area contributed by atoms with E-state index in [1.807, 2.05) is 0 Å². The average Bonchev–Trinajstić information content (AvgIpc) is 2.52. The smallest absolute Gasteiger partial charge is 0.0273 e. The summed E-state index contributed by atoms with van der Waals surface area (Å²) < 4.78 is 0. The molecule has 14 heavy (non-hydrogen) atoms. The Kier molecular flexibility index (Phi) is 5.30. The quantitative estimate of drug-likeness (QED) is 0.551. The molecule has 0 aliphatic carbocycles. The van der Waals surface area contributed by atoms with E-state index in [-0.39, 0.29) is 0 Å². The van der Waals surface area contributed by atoms with E-state index < -0.39 is 0 Å². The van der Waals surface area contributed by atoms with Crippen molar-refractivity contribution in [2.75, 3.05) is 26.7 Å². The van der Waals surface area contributed by atoms with Crippen molar-refractivity contribution in [2.24, 2.45) is 0 Å². The van der Waals surface area contributed by atoms with Gasteiger partial charge in [0.15, 0.2) is 0 Å². The summed E-state index contributed by atoms with van der Waals surface area (Å²) in [6, 6.07) is 0.582. The minimum absolute atomic E-state index is 0.582. The first-order valence-corrected chi connectivity index (χ1v) is 5.68. The number of nitrogens with zero attached hydrogens (tertiary/aromatic N) is 1. The molecule has 0 spiro atoms. The summed E-state index contributed by atoms with van der Waals surface area (Å²) >= 11 is 5.16. The van der Waals surface area contributed by atoms with Crippen LogP contribution in [0.4, 0.5) is 0 Å². The lowest BCUT2D eigenvalue weighted by molar-refractivity contribution is 0.307. The third kappa shape index (κ3) is 4.31. The highest BCUT2D eigenvalue weighted by Gasteiger charge is 2.19. The molecular formula is C11H20N2S. The molecule has 0 amide bonds. The van der Waals surface area contributed by atoms with Gasteiger partial charge in [0.2, 0.25) is 0 Å². The van der Waals surface area contributed by atoms with Gasteiger partial charge in [0, 0.05) is 30.5 Å². The molecule has 1 fully saturated rings. The van der Waals surface area contributed by atoms with Gasteiger partial charge in [-0.2, -0.15) is 0 Å². The van der Waals surface area contributed by atoms with Gasteiger partial charge in [0.25, 0.3) is 0 Å². The third-order valence-electron chi connectivity index (χ3n) is 2.51. The summed E-state index contributed by atoms with van der Waals surface area (Å²) in [5.74, 6) is 0. The minimum Gasteiger partial charge on any atom is -0.308 e. The summed E-state index contributed by atoms with van der Waals surface area (Å²) in [5.41, 5.74) is 0. The van der Waals surface area contributed by atoms with Crippen LogP contribution in [0.3, 0.4) is 0 Å². The van der Waals surface area contributed by atoms with Crippen molar-refractivity contribution in [2.45, 2.75) is 25.8 Å². The van der Waals surface area contributed by atoms with Crippen LogP contribution in [-0.2, 0) is 0 Å². The summed E-state index contributed by atoms with van der Waals surface area (Å²) in [5, 5.41) is 3.43. The van der Waals surface area contributed by atoms with E-state index in [9.17, 15) is 0 Å². The van der Waals surface area contributed by atoms with Crippen molar-refractivity contribution in [3.63, 3.8) is 0 Å². The Balaban J connectivity index is 2.13. The third-order valence-corrected chi connectivity index (χ3v) is 2.82. The van der Waals surface area contributed by atoms with Crippen molar-refractivity contribution in [1.29, 1.82) is 0 Å². The van der Waals surface area contributed by atoms with Crippen LogP contribution in [0.25, 0.3) is 0 Å². The molecule has 1 heterocycles. The molecule has 2 nitrogen and oxygen atoms in total. The fraction of sp³-hybridized carbons (Fsp3) is 0.727. The molecule has 1 saturated heterocycles. The van der Waals surface area contributed by atoms with Crippen molar-refractivity contribution in [1.82, 2.24) is 10.2 Å². The number of rotatable bonds is 5. The maximum Gasteiger partial charge on any atom is 0.0273 e. The van der Waals surface area contributed by atoms with Gasteiger partial charge in [-0.05, 0) is 26.8 Å². The number of nitrogens with one attached hydrogen (secondary N) is 1. The van der Waals surface area contributed by atoms with Crippen molar-refractivity contribution in [3.05, 3.63) is 12.2 Å². The highest BCUT2D eigenvalue weighted by atomic mass is 32.1. The normalized spacial score (nSPS) is 22.8. The lowest BCUT2D eigenvalue weighted by atomic mass is 10.2. The molecule has 1 aliphatic heterocycles. The molecule has 1 aliphatic rings. The first-order chi connectivity index (χ1) is 6.72. The van der Waals surface area contributed by atoms with Crippen LogP contribution in [-0.4, -0.2) is 42.5 Å². The van der Waals surface area contributed by atoms with Gasteiger partial charge in [-0.15, -0.1) is 0 Å². The summed E-state index contributed by atoms with van der Waals surface area (Å²) in [4.78, 5) is 3.54. The molecule has 1 unspecified atom stereocenters. The Morgan fingerprint density at radius 3 is 3.00 bits per heavy atom. The summed E-state index contributed by atoms with van der Waals surface area (Å²) in [6.45, 7) is 5.24. The van der Waals surface area contributed by atoms with E-state index in [1.165, 1.54) is 4.86 Å². The van der Waals surface area contributed by atoms with Gasteiger partial charge < -0.3 is 10.2 Å². The second-order valence-corrected chi connectivity index (χ2v) is 4.52. The van der Waals surface area contributed by atoms with E-state index in [1.54, 1.807) is 0 Å². The first-order valence-electron chi connectivity index (χ1n) is 5.27. The number of hydrogen-bond donors (Lipinski definition) is 1. The molecule has 1 rings (SSSR count). The zero-order chi connectivity index (χ0) is 10.4. The fourth-order valence-electron chi connectivity index (χ4n) is 1.74. The average molecular weight is 212 g/mol. The maximum atomic E-state index is 5.16. The molecule has 0 bridgehead atoms. The Labute approximate surface area is 92.4 Å². The van der Waals surface area contributed by atoms with E-state index >= 15 is 0 Å². The maximum absolute atomic E-state index is 5.16. The van der Waals surface area contributed by atoms with Crippen molar-refractivity contribution in [3.8, 4) is 0 Å². The summed E-state index contributed by atoms with van der Waals surface area (Å²) in [6.07, 6.45) is 6.54. The lowest BCUT2D eigenvalue weighted by Crippen LogP contribution is -2.35. The molecular weight excluding hydrogens is 192 g/mol. The molecule has 3 heteroatoms. The summed E-state index contributed by atoms with van der Waals surface area (Å²) in [7, 11) is 2.17. The van der Waals surface area contributed by atoms with Gasteiger partial charge in [-0.1, -0.05) is 24.4 Å². The van der Waals surface area contributed by atoms with Crippen molar-refractivity contribution < 1.29 is 0 Å². The van der Waals surface area contributed by atoms with Crippen LogP contribution >= 0.6 is 12.2 Å². The van der Waals surface area contributed by atoms with E-state index in [0.29, 0.717) is 6.04 Å². The van der Waals surface area contributed by atoms with Crippen molar-refractivity contribution >= 4 is 17.1 Å². The molecule has 80 valence electrons. The van der Waals surface area contributed by atoms with Gasteiger partial charge in [-0.25, -0.2) is 0 Å². The van der Waals surface area contributed by atoms with Crippen LogP contribution in [0.1, 0.15) is 19.8 Å². The monoisotopic (exact) mass is 212 g/mol. The van der Waals surface area contributed by atoms with E-state index in [4.69, 9.17) is 12.2 Å². The Morgan fingerprint density at radius 2 is 2.43 bits per heavy atom. The molecule has 0 radical (unpaired) electrons. The molecule has 0 aromatic rings. The number of thiocarbonyl (C=S) groups is 1. The van der Waals surface area contributed by atoms with Gasteiger partial charge in [0.1, 0.15) is 0 Å². The lowest BCUT2D eigenvalue weighted by Gasteiger charge is -2.19. The van der Waals surface area contributed by atoms with Crippen LogP contribution in [0, 0.1) is 0 Å². The largest absolute Gasteiger partial charge is 0.308 e. The zero-order valence-corrected chi connectivity index (χ0v) is 9.94. The van der Waals surface area contributed by atoms with E-state index in [2.05, 4.69) is 36.3 Å². The molecule has 0 aromatic heterocycles. The van der Waals surface area contributed by atoms with Gasteiger partial charge >= 0.3 is 0 Å². The van der Waals surface area contributed by atoms with Crippen LogP contribution in [0.5, 0.6) is 0 Å². The Bertz CT molecular complexity index is 213. The number of hydrogen-bond acceptors (Lipinski definition) is 3. The first kappa shape index (κ1) is 11.8. The number of allylic oxidation sites excluding steroid dienone is 1. The Hall–Kier alpha value is -0.250. The standard InChI is InChI=1S/C11H20N2S/c1-3-4-5-6-13(2)9-10-7-11(14)8-12-10/h3-4,10,12H,5-9H2,1-2H3/b4-3+.